The van der Waals surface area contributed by atoms with E-state index in [2.05, 4.69) is 25.5 Å². The highest BCUT2D eigenvalue weighted by Gasteiger charge is 2.23. The van der Waals surface area contributed by atoms with Crippen LogP contribution in [0.2, 0.25) is 0 Å². The zero-order valence-electron chi connectivity index (χ0n) is 12.3. The van der Waals surface area contributed by atoms with E-state index >= 15 is 0 Å². The molecule has 7 heteroatoms. The van der Waals surface area contributed by atoms with Gasteiger partial charge in [-0.05, 0) is 37.0 Å². The molecule has 1 aliphatic rings. The predicted octanol–water partition coefficient (Wildman–Crippen LogP) is 3.66. The monoisotopic (exact) mass is 322 g/mol. The van der Waals surface area contributed by atoms with Gasteiger partial charge in [-0.1, -0.05) is 11.3 Å². The normalized spacial score (nSPS) is 14.6. The highest BCUT2D eigenvalue weighted by molar-refractivity contribution is 7.18. The van der Waals surface area contributed by atoms with Crippen LogP contribution in [0.15, 0.2) is 30.7 Å². The van der Waals surface area contributed by atoms with Crippen molar-refractivity contribution in [3.8, 4) is 0 Å². The summed E-state index contributed by atoms with van der Waals surface area (Å²) in [6.45, 7) is 0. The molecule has 0 atom stereocenters. The van der Waals surface area contributed by atoms with Crippen molar-refractivity contribution in [2.24, 2.45) is 5.92 Å². The zero-order valence-corrected chi connectivity index (χ0v) is 13.1. The molecule has 1 aromatic carbocycles. The van der Waals surface area contributed by atoms with Crippen LogP contribution in [0, 0.1) is 5.92 Å². The Morgan fingerprint density at radius 3 is 3.13 bits per heavy atom. The summed E-state index contributed by atoms with van der Waals surface area (Å²) in [6, 6.07) is 6.05. The Hall–Kier alpha value is -2.54. The van der Waals surface area contributed by atoms with E-state index in [1.54, 1.807) is 17.7 Å². The van der Waals surface area contributed by atoms with Gasteiger partial charge in [0.25, 0.3) is 0 Å². The van der Waals surface area contributed by atoms with Crippen molar-refractivity contribution in [2.75, 3.05) is 5.32 Å². The number of nitrogens with one attached hydrogen (secondary N) is 2. The second-order valence-corrected chi connectivity index (χ2v) is 6.99. The fraction of sp³-hybridized carbons (Fsp3) is 0.250. The molecule has 0 aliphatic heterocycles. The van der Waals surface area contributed by atoms with Gasteiger partial charge in [0.2, 0.25) is 0 Å². The highest BCUT2D eigenvalue weighted by Crippen LogP contribution is 2.35. The molecule has 3 aromatic heterocycles. The van der Waals surface area contributed by atoms with E-state index in [1.807, 2.05) is 24.4 Å². The summed E-state index contributed by atoms with van der Waals surface area (Å²) in [5.74, 6) is 1.58. The Labute approximate surface area is 136 Å². The van der Waals surface area contributed by atoms with Crippen molar-refractivity contribution in [2.45, 2.75) is 19.3 Å². The fourth-order valence-corrected chi connectivity index (χ4v) is 3.72. The Morgan fingerprint density at radius 2 is 2.22 bits per heavy atom. The van der Waals surface area contributed by atoms with E-state index in [0.717, 1.165) is 50.1 Å². The first-order valence-electron chi connectivity index (χ1n) is 7.66. The Bertz CT molecular complexity index is 1000. The molecule has 2 N–H and O–H groups in total. The first-order chi connectivity index (χ1) is 11.3. The molecule has 6 nitrogen and oxygen atoms in total. The average Bonchev–Trinajstić information content (AvgIpc) is 3.08. The Balaban J connectivity index is 1.51. The molecule has 0 bridgehead atoms. The number of hydrogen-bond donors (Lipinski definition) is 2. The minimum atomic E-state index is 0.760. The van der Waals surface area contributed by atoms with Gasteiger partial charge in [-0.3, -0.25) is 5.10 Å². The first-order valence-corrected chi connectivity index (χ1v) is 8.47. The van der Waals surface area contributed by atoms with Crippen molar-refractivity contribution < 1.29 is 0 Å². The van der Waals surface area contributed by atoms with Crippen molar-refractivity contribution >= 4 is 44.1 Å². The summed E-state index contributed by atoms with van der Waals surface area (Å²) in [5.41, 5.74) is 2.85. The van der Waals surface area contributed by atoms with Crippen LogP contribution in [0.5, 0.6) is 0 Å². The second kappa shape index (κ2) is 4.99. The maximum absolute atomic E-state index is 4.75. The summed E-state index contributed by atoms with van der Waals surface area (Å²) in [7, 11) is 0. The third-order valence-corrected chi connectivity index (χ3v) is 5.09. The van der Waals surface area contributed by atoms with Gasteiger partial charge in [0.15, 0.2) is 5.82 Å². The molecule has 0 saturated heterocycles. The van der Waals surface area contributed by atoms with Crippen LogP contribution in [-0.4, -0.2) is 25.1 Å². The summed E-state index contributed by atoms with van der Waals surface area (Å²) in [4.78, 5) is 14.4. The van der Waals surface area contributed by atoms with E-state index < -0.39 is 0 Å². The van der Waals surface area contributed by atoms with Crippen LogP contribution in [0.25, 0.3) is 21.3 Å². The number of fused-ring (bicyclic) bond motifs is 2. The molecule has 5 rings (SSSR count). The summed E-state index contributed by atoms with van der Waals surface area (Å²) < 4.78 is 0. The topological polar surface area (TPSA) is 79.4 Å². The van der Waals surface area contributed by atoms with Crippen LogP contribution < -0.4 is 5.32 Å². The molecule has 0 amide bonds. The van der Waals surface area contributed by atoms with Gasteiger partial charge in [0.1, 0.15) is 16.7 Å². The van der Waals surface area contributed by atoms with E-state index in [9.17, 15) is 0 Å². The number of H-pyrrole nitrogens is 1. The maximum Gasteiger partial charge on any atom is 0.161 e. The maximum atomic E-state index is 4.75. The summed E-state index contributed by atoms with van der Waals surface area (Å²) in [5, 5.41) is 12.6. The largest absolute Gasteiger partial charge is 0.338 e. The number of aromatic nitrogens is 5. The smallest absolute Gasteiger partial charge is 0.161 e. The Morgan fingerprint density at radius 1 is 1.26 bits per heavy atom. The van der Waals surface area contributed by atoms with E-state index in [0.29, 0.717) is 0 Å². The molecule has 0 unspecified atom stereocenters. The Kier molecular flexibility index (Phi) is 2.81. The quantitative estimate of drug-likeness (QED) is 0.599. The van der Waals surface area contributed by atoms with Crippen LogP contribution >= 0.6 is 11.3 Å². The number of rotatable bonds is 4. The van der Waals surface area contributed by atoms with E-state index in [4.69, 9.17) is 4.98 Å². The fourth-order valence-electron chi connectivity index (χ4n) is 2.70. The molecule has 1 fully saturated rings. The van der Waals surface area contributed by atoms with Gasteiger partial charge in [-0.15, -0.1) is 0 Å². The lowest BCUT2D eigenvalue weighted by Gasteiger charge is -2.05. The van der Waals surface area contributed by atoms with Gasteiger partial charge in [-0.25, -0.2) is 15.0 Å². The molecular formula is C16H14N6S. The van der Waals surface area contributed by atoms with Crippen LogP contribution in [-0.2, 0) is 6.42 Å². The molecule has 23 heavy (non-hydrogen) atoms. The molecule has 3 heterocycles. The van der Waals surface area contributed by atoms with Crippen LogP contribution in [0.4, 0.5) is 11.5 Å². The summed E-state index contributed by atoms with van der Waals surface area (Å²) in [6.07, 6.45) is 7.14. The van der Waals surface area contributed by atoms with Gasteiger partial charge in [0, 0.05) is 17.5 Å². The molecular weight excluding hydrogens is 308 g/mol. The van der Waals surface area contributed by atoms with Crippen LogP contribution in [0.3, 0.4) is 0 Å². The van der Waals surface area contributed by atoms with Crippen LogP contribution in [0.1, 0.15) is 17.8 Å². The number of aromatic amines is 1. The van der Waals surface area contributed by atoms with Crippen molar-refractivity contribution in [3.05, 3.63) is 35.7 Å². The molecule has 4 aromatic rings. The van der Waals surface area contributed by atoms with Crippen molar-refractivity contribution in [1.29, 1.82) is 0 Å². The number of thiazole rings is 1. The molecule has 0 radical (unpaired) electrons. The molecule has 0 spiro atoms. The van der Waals surface area contributed by atoms with Gasteiger partial charge in [-0.2, -0.15) is 5.10 Å². The second-order valence-electron chi connectivity index (χ2n) is 5.93. The SMILES string of the molecule is c1nc(Nc2ccc3[nH]ncc3c2)c2nc(CC3CC3)sc2n1. The van der Waals surface area contributed by atoms with Crippen molar-refractivity contribution in [1.82, 2.24) is 25.1 Å². The predicted molar refractivity (Wildman–Crippen MR) is 91.0 cm³/mol. The first kappa shape index (κ1) is 13.0. The van der Waals surface area contributed by atoms with E-state index in [1.165, 1.54) is 12.8 Å². The zero-order chi connectivity index (χ0) is 15.2. The number of anilines is 2. The lowest BCUT2D eigenvalue weighted by molar-refractivity contribution is 0.826. The van der Waals surface area contributed by atoms with E-state index in [-0.39, 0.29) is 0 Å². The number of hydrogen-bond acceptors (Lipinski definition) is 6. The minimum absolute atomic E-state index is 0.760. The van der Waals surface area contributed by atoms with Gasteiger partial charge < -0.3 is 5.32 Å². The highest BCUT2D eigenvalue weighted by atomic mass is 32.1. The molecule has 1 aliphatic carbocycles. The molecule has 114 valence electrons. The lowest BCUT2D eigenvalue weighted by atomic mass is 10.2. The number of nitrogens with zero attached hydrogens (tertiary/aromatic N) is 4. The lowest BCUT2D eigenvalue weighted by Crippen LogP contribution is -1.95. The minimum Gasteiger partial charge on any atom is -0.338 e. The number of benzene rings is 1. The van der Waals surface area contributed by atoms with Gasteiger partial charge in [0.05, 0.1) is 16.7 Å². The standard InChI is InChI=1S/C16H14N6S/c1-2-9(1)5-13-21-14-15(17-8-18-16(14)23-13)20-11-3-4-12-10(6-11)7-19-22-12/h3-4,6-9H,1-2,5H2,(H,19,22)(H,17,18,20). The third-order valence-electron chi connectivity index (χ3n) is 4.10. The average molecular weight is 322 g/mol. The third kappa shape index (κ3) is 2.43. The molecule has 1 saturated carbocycles. The van der Waals surface area contributed by atoms with Crippen molar-refractivity contribution in [3.63, 3.8) is 0 Å². The summed E-state index contributed by atoms with van der Waals surface area (Å²) >= 11 is 1.68. The van der Waals surface area contributed by atoms with Gasteiger partial charge >= 0.3 is 0 Å².